The highest BCUT2D eigenvalue weighted by atomic mass is 32.1. The minimum atomic E-state index is -0.233. The van der Waals surface area contributed by atoms with Gasteiger partial charge >= 0.3 is 0 Å². The molecule has 144 valence electrons. The molecule has 0 radical (unpaired) electrons. The molecule has 3 rings (SSSR count). The van der Waals surface area contributed by atoms with Crippen LogP contribution < -0.4 is 20.1 Å². The molecule has 0 spiro atoms. The fourth-order valence-corrected chi connectivity index (χ4v) is 3.70. The molecule has 2 heterocycles. The van der Waals surface area contributed by atoms with Gasteiger partial charge in [0.15, 0.2) is 11.5 Å². The number of nitrogens with one attached hydrogen (secondary N) is 2. The maximum absolute atomic E-state index is 12.4. The Morgan fingerprint density at radius 2 is 1.85 bits per heavy atom. The van der Waals surface area contributed by atoms with Crippen LogP contribution in [0.15, 0.2) is 30.3 Å². The van der Waals surface area contributed by atoms with Crippen molar-refractivity contribution >= 4 is 23.2 Å². The standard InChI is InChI=1S/C20H24N2O4S/c1-12(2)19(14-5-6-15-16(10-14)26-9-8-25-15)22-18(23)11-21-20(24)17-7-4-13(3)27-17/h4-7,10,12,19H,8-9,11H2,1-3H3,(H,21,24)(H,22,23)/t19-/m1/s1. The molecule has 1 aliphatic heterocycles. The van der Waals surface area contributed by atoms with Gasteiger partial charge in [0.2, 0.25) is 5.91 Å². The van der Waals surface area contributed by atoms with Crippen molar-refractivity contribution in [3.63, 3.8) is 0 Å². The third kappa shape index (κ3) is 4.80. The van der Waals surface area contributed by atoms with Crippen molar-refractivity contribution in [2.45, 2.75) is 26.8 Å². The smallest absolute Gasteiger partial charge is 0.261 e. The summed E-state index contributed by atoms with van der Waals surface area (Å²) in [4.78, 5) is 26.1. The molecule has 2 N–H and O–H groups in total. The molecule has 7 heteroatoms. The lowest BCUT2D eigenvalue weighted by Crippen LogP contribution is -2.40. The van der Waals surface area contributed by atoms with Crippen LogP contribution in [0.3, 0.4) is 0 Å². The summed E-state index contributed by atoms with van der Waals surface area (Å²) in [6.07, 6.45) is 0. The fraction of sp³-hybridized carbons (Fsp3) is 0.400. The second-order valence-corrected chi connectivity index (χ2v) is 8.07. The summed E-state index contributed by atoms with van der Waals surface area (Å²) in [6, 6.07) is 9.18. The van der Waals surface area contributed by atoms with Crippen molar-refractivity contribution in [3.8, 4) is 11.5 Å². The summed E-state index contributed by atoms with van der Waals surface area (Å²) in [5.74, 6) is 1.12. The predicted octanol–water partition coefficient (Wildman–Crippen LogP) is 3.07. The maximum Gasteiger partial charge on any atom is 0.261 e. The van der Waals surface area contributed by atoms with Gasteiger partial charge in [0.25, 0.3) is 5.91 Å². The molecule has 6 nitrogen and oxygen atoms in total. The summed E-state index contributed by atoms with van der Waals surface area (Å²) in [5, 5.41) is 5.68. The van der Waals surface area contributed by atoms with Gasteiger partial charge in [-0.25, -0.2) is 0 Å². The minimum Gasteiger partial charge on any atom is -0.486 e. The van der Waals surface area contributed by atoms with Gasteiger partial charge in [0.1, 0.15) is 13.2 Å². The molecule has 27 heavy (non-hydrogen) atoms. The van der Waals surface area contributed by atoms with Gasteiger partial charge < -0.3 is 20.1 Å². The normalized spacial score (nSPS) is 13.9. The first-order valence-corrected chi connectivity index (χ1v) is 9.79. The van der Waals surface area contributed by atoms with Crippen LogP contribution in [0.5, 0.6) is 11.5 Å². The number of amides is 2. The Labute approximate surface area is 162 Å². The van der Waals surface area contributed by atoms with Crippen LogP contribution in [0.4, 0.5) is 0 Å². The quantitative estimate of drug-likeness (QED) is 0.797. The zero-order valence-corrected chi connectivity index (χ0v) is 16.5. The van der Waals surface area contributed by atoms with E-state index in [1.54, 1.807) is 6.07 Å². The molecule has 0 saturated carbocycles. The Morgan fingerprint density at radius 3 is 2.52 bits per heavy atom. The van der Waals surface area contributed by atoms with Crippen molar-refractivity contribution in [3.05, 3.63) is 45.6 Å². The number of hydrogen-bond donors (Lipinski definition) is 2. The van der Waals surface area contributed by atoms with Gasteiger partial charge in [0, 0.05) is 4.88 Å². The third-order valence-electron chi connectivity index (χ3n) is 4.28. The van der Waals surface area contributed by atoms with Crippen LogP contribution in [0, 0.1) is 12.8 Å². The molecular weight excluding hydrogens is 364 g/mol. The summed E-state index contributed by atoms with van der Waals surface area (Å²) in [6.45, 7) is 7.01. The molecule has 0 bridgehead atoms. The second kappa shape index (κ2) is 8.43. The van der Waals surface area contributed by atoms with Gasteiger partial charge in [-0.3, -0.25) is 9.59 Å². The van der Waals surface area contributed by atoms with E-state index in [2.05, 4.69) is 10.6 Å². The number of fused-ring (bicyclic) bond motifs is 1. The fourth-order valence-electron chi connectivity index (χ4n) is 2.92. The Kier molecular flexibility index (Phi) is 6.01. The maximum atomic E-state index is 12.4. The lowest BCUT2D eigenvalue weighted by atomic mass is 9.95. The monoisotopic (exact) mass is 388 g/mol. The third-order valence-corrected chi connectivity index (χ3v) is 5.28. The SMILES string of the molecule is Cc1ccc(C(=O)NCC(=O)N[C@@H](c2ccc3c(c2)OCCO3)C(C)C)s1. The zero-order valence-electron chi connectivity index (χ0n) is 15.7. The Balaban J connectivity index is 1.62. The molecule has 0 unspecified atom stereocenters. The average molecular weight is 388 g/mol. The molecule has 1 atom stereocenters. The molecule has 1 aromatic carbocycles. The molecule has 0 fully saturated rings. The second-order valence-electron chi connectivity index (χ2n) is 6.79. The highest BCUT2D eigenvalue weighted by Crippen LogP contribution is 2.34. The molecular formula is C20H24N2O4S. The largest absolute Gasteiger partial charge is 0.486 e. The molecule has 1 aliphatic rings. The Hall–Kier alpha value is -2.54. The molecule has 1 aromatic heterocycles. The van der Waals surface area contributed by atoms with E-state index < -0.39 is 0 Å². The Morgan fingerprint density at radius 1 is 1.11 bits per heavy atom. The van der Waals surface area contributed by atoms with E-state index >= 15 is 0 Å². The first kappa shape index (κ1) is 19.2. The molecule has 2 amide bonds. The van der Waals surface area contributed by atoms with Crippen LogP contribution in [0.2, 0.25) is 0 Å². The zero-order chi connectivity index (χ0) is 19.4. The number of rotatable bonds is 6. The van der Waals surface area contributed by atoms with Crippen molar-refractivity contribution in [2.24, 2.45) is 5.92 Å². The number of aryl methyl sites for hydroxylation is 1. The van der Waals surface area contributed by atoms with Crippen molar-refractivity contribution in [1.29, 1.82) is 0 Å². The van der Waals surface area contributed by atoms with E-state index in [0.717, 1.165) is 16.2 Å². The van der Waals surface area contributed by atoms with Crippen molar-refractivity contribution in [2.75, 3.05) is 19.8 Å². The van der Waals surface area contributed by atoms with E-state index in [1.165, 1.54) is 11.3 Å². The van der Waals surface area contributed by atoms with Crippen molar-refractivity contribution < 1.29 is 19.1 Å². The minimum absolute atomic E-state index is 0.0659. The summed E-state index contributed by atoms with van der Waals surface area (Å²) >= 11 is 1.41. The number of carbonyl (C=O) groups is 2. The molecule has 2 aromatic rings. The lowest BCUT2D eigenvalue weighted by Gasteiger charge is -2.25. The molecule has 0 aliphatic carbocycles. The van der Waals surface area contributed by atoms with Gasteiger partial charge in [-0.05, 0) is 42.7 Å². The summed E-state index contributed by atoms with van der Waals surface area (Å²) in [7, 11) is 0. The van der Waals surface area contributed by atoms with E-state index in [4.69, 9.17) is 9.47 Å². The number of thiophene rings is 1. The molecule has 0 saturated heterocycles. The highest BCUT2D eigenvalue weighted by Gasteiger charge is 2.21. The van der Waals surface area contributed by atoms with Gasteiger partial charge in [-0.2, -0.15) is 0 Å². The topological polar surface area (TPSA) is 76.7 Å². The summed E-state index contributed by atoms with van der Waals surface area (Å²) < 4.78 is 11.2. The van der Waals surface area contributed by atoms with Gasteiger partial charge in [-0.15, -0.1) is 11.3 Å². The van der Waals surface area contributed by atoms with E-state index in [9.17, 15) is 9.59 Å². The van der Waals surface area contributed by atoms with Crippen LogP contribution >= 0.6 is 11.3 Å². The van der Waals surface area contributed by atoms with Gasteiger partial charge in [0.05, 0.1) is 17.5 Å². The van der Waals surface area contributed by atoms with Crippen LogP contribution in [0.1, 0.15) is 40.0 Å². The van der Waals surface area contributed by atoms with Crippen LogP contribution in [0.25, 0.3) is 0 Å². The number of hydrogen-bond acceptors (Lipinski definition) is 5. The van der Waals surface area contributed by atoms with E-state index in [0.29, 0.717) is 23.8 Å². The number of ether oxygens (including phenoxy) is 2. The number of benzene rings is 1. The Bertz CT molecular complexity index is 831. The average Bonchev–Trinajstić information content (AvgIpc) is 3.10. The number of carbonyl (C=O) groups excluding carboxylic acids is 2. The first-order chi connectivity index (χ1) is 12.9. The summed E-state index contributed by atoms with van der Waals surface area (Å²) in [5.41, 5.74) is 0.947. The van der Waals surface area contributed by atoms with Crippen LogP contribution in [-0.4, -0.2) is 31.6 Å². The van der Waals surface area contributed by atoms with Crippen molar-refractivity contribution in [1.82, 2.24) is 10.6 Å². The van der Waals surface area contributed by atoms with E-state index in [1.807, 2.05) is 45.0 Å². The predicted molar refractivity (Wildman–Crippen MR) is 105 cm³/mol. The van der Waals surface area contributed by atoms with Crippen LogP contribution in [-0.2, 0) is 4.79 Å². The van der Waals surface area contributed by atoms with E-state index in [-0.39, 0.29) is 30.3 Å². The lowest BCUT2D eigenvalue weighted by molar-refractivity contribution is -0.121. The first-order valence-electron chi connectivity index (χ1n) is 8.97. The highest BCUT2D eigenvalue weighted by molar-refractivity contribution is 7.13. The van der Waals surface area contributed by atoms with Gasteiger partial charge in [-0.1, -0.05) is 19.9 Å².